The average Bonchev–Trinajstić information content (AvgIpc) is 2.73. The van der Waals surface area contributed by atoms with Gasteiger partial charge >= 0.3 is 5.97 Å². The Kier molecular flexibility index (Phi) is 3.49. The number of amides is 1. The molecule has 4 aromatic carbocycles. The summed E-state index contributed by atoms with van der Waals surface area (Å²) in [5, 5.41) is 18.7. The van der Waals surface area contributed by atoms with E-state index in [4.69, 9.17) is 0 Å². The number of hydrogen-bond donors (Lipinski definition) is 2. The van der Waals surface area contributed by atoms with Crippen molar-refractivity contribution < 1.29 is 14.7 Å². The Morgan fingerprint density at radius 1 is 0.786 bits per heavy atom. The Labute approximate surface area is 159 Å². The zero-order valence-electron chi connectivity index (χ0n) is 14.6. The number of anilines is 1. The second kappa shape index (κ2) is 6.03. The van der Waals surface area contributed by atoms with E-state index in [0.29, 0.717) is 5.69 Å². The Hall–Kier alpha value is -3.99. The molecule has 0 radical (unpaired) electrons. The lowest BCUT2D eigenvalue weighted by molar-refractivity contribution is 0.0692. The van der Waals surface area contributed by atoms with Crippen LogP contribution in [-0.2, 0) is 0 Å². The summed E-state index contributed by atoms with van der Waals surface area (Å²) in [7, 11) is 0. The molecule has 5 heteroatoms. The van der Waals surface area contributed by atoms with E-state index in [0.717, 1.165) is 32.3 Å². The van der Waals surface area contributed by atoms with Crippen LogP contribution in [0.1, 0.15) is 20.7 Å². The lowest BCUT2D eigenvalue weighted by Gasteiger charge is -2.15. The van der Waals surface area contributed by atoms with Crippen LogP contribution in [0.4, 0.5) is 5.69 Å². The summed E-state index contributed by atoms with van der Waals surface area (Å²) in [6.45, 7) is 0. The molecule has 0 bridgehead atoms. The van der Waals surface area contributed by atoms with Gasteiger partial charge in [-0.1, -0.05) is 48.5 Å². The first-order valence-electron chi connectivity index (χ1n) is 8.79. The molecule has 5 nitrogen and oxygen atoms in total. The number of carbonyl (C=O) groups excluding carboxylic acids is 1. The molecule has 5 rings (SSSR count). The van der Waals surface area contributed by atoms with Gasteiger partial charge in [0, 0.05) is 23.5 Å². The van der Waals surface area contributed by atoms with Crippen molar-refractivity contribution in [1.82, 2.24) is 4.98 Å². The van der Waals surface area contributed by atoms with Crippen LogP contribution >= 0.6 is 0 Å². The number of aromatic carboxylic acids is 1. The van der Waals surface area contributed by atoms with Crippen LogP contribution in [0.25, 0.3) is 32.3 Å². The van der Waals surface area contributed by atoms with E-state index in [1.807, 2.05) is 30.3 Å². The molecule has 0 fully saturated rings. The van der Waals surface area contributed by atoms with Gasteiger partial charge in [0.05, 0.1) is 11.1 Å². The van der Waals surface area contributed by atoms with Gasteiger partial charge in [0.15, 0.2) is 0 Å². The fourth-order valence-corrected chi connectivity index (χ4v) is 3.80. The van der Waals surface area contributed by atoms with Crippen LogP contribution < -0.4 is 5.32 Å². The van der Waals surface area contributed by atoms with Crippen LogP contribution in [0.3, 0.4) is 0 Å². The van der Waals surface area contributed by atoms with Gasteiger partial charge in [0.2, 0.25) is 0 Å². The molecule has 0 atom stereocenters. The Morgan fingerprint density at radius 2 is 1.46 bits per heavy atom. The summed E-state index contributed by atoms with van der Waals surface area (Å²) in [5.41, 5.74) is 0.592. The molecule has 0 spiro atoms. The molecule has 1 amide bonds. The van der Waals surface area contributed by atoms with Gasteiger partial charge in [0.1, 0.15) is 0 Å². The number of rotatable bonds is 3. The highest BCUT2D eigenvalue weighted by Gasteiger charge is 2.18. The first-order valence-corrected chi connectivity index (χ1v) is 8.79. The smallest absolute Gasteiger partial charge is 0.338 e. The molecule has 1 heterocycles. The molecule has 134 valence electrons. The number of nitrogens with zero attached hydrogens (tertiary/aromatic N) is 1. The average molecular weight is 366 g/mol. The fourth-order valence-electron chi connectivity index (χ4n) is 3.80. The highest BCUT2D eigenvalue weighted by molar-refractivity contribution is 6.26. The van der Waals surface area contributed by atoms with Gasteiger partial charge in [-0.25, -0.2) is 4.79 Å². The van der Waals surface area contributed by atoms with Gasteiger partial charge in [-0.3, -0.25) is 9.78 Å². The van der Waals surface area contributed by atoms with Crippen LogP contribution in [0.2, 0.25) is 0 Å². The van der Waals surface area contributed by atoms with E-state index < -0.39 is 11.9 Å². The van der Waals surface area contributed by atoms with Crippen molar-refractivity contribution in [2.75, 3.05) is 5.32 Å². The van der Waals surface area contributed by atoms with Gasteiger partial charge in [-0.15, -0.1) is 0 Å². The third-order valence-corrected chi connectivity index (χ3v) is 5.07. The zero-order chi connectivity index (χ0) is 19.3. The van der Waals surface area contributed by atoms with Crippen LogP contribution in [0, 0.1) is 0 Å². The molecular weight excluding hydrogens is 352 g/mol. The van der Waals surface area contributed by atoms with Gasteiger partial charge in [-0.2, -0.15) is 0 Å². The van der Waals surface area contributed by atoms with E-state index in [1.54, 1.807) is 0 Å². The summed E-state index contributed by atoms with van der Waals surface area (Å²) in [6.07, 6.45) is 2.59. The first kappa shape index (κ1) is 16.2. The van der Waals surface area contributed by atoms with Crippen molar-refractivity contribution in [2.45, 2.75) is 0 Å². The van der Waals surface area contributed by atoms with Gasteiger partial charge < -0.3 is 10.4 Å². The van der Waals surface area contributed by atoms with Crippen molar-refractivity contribution in [3.8, 4) is 0 Å². The minimum Gasteiger partial charge on any atom is -0.478 e. The molecule has 0 aliphatic heterocycles. The van der Waals surface area contributed by atoms with Gasteiger partial charge in [-0.05, 0) is 39.1 Å². The van der Waals surface area contributed by atoms with Crippen LogP contribution in [0.15, 0.2) is 73.1 Å². The minimum atomic E-state index is -1.19. The van der Waals surface area contributed by atoms with E-state index >= 15 is 0 Å². The Bertz CT molecular complexity index is 1380. The third-order valence-electron chi connectivity index (χ3n) is 5.07. The summed E-state index contributed by atoms with van der Waals surface area (Å²) >= 11 is 0. The summed E-state index contributed by atoms with van der Waals surface area (Å²) in [6, 6.07) is 19.6. The number of aromatic nitrogens is 1. The third kappa shape index (κ3) is 2.37. The number of hydrogen-bond acceptors (Lipinski definition) is 3. The van der Waals surface area contributed by atoms with Crippen LogP contribution in [0.5, 0.6) is 0 Å². The predicted molar refractivity (Wildman–Crippen MR) is 109 cm³/mol. The normalized spacial score (nSPS) is 11.3. The van der Waals surface area contributed by atoms with E-state index in [1.165, 1.54) is 18.5 Å². The Balaban J connectivity index is 1.68. The fraction of sp³-hybridized carbons (Fsp3) is 0. The van der Waals surface area contributed by atoms with E-state index in [-0.39, 0.29) is 11.1 Å². The number of pyridine rings is 1. The SMILES string of the molecule is O=C(O)c1cnccc1C(=O)Nc1ccc2ccc3cccc4ccc1c2c34. The molecule has 5 aromatic rings. The van der Waals surface area contributed by atoms with E-state index in [2.05, 4.69) is 34.6 Å². The maximum atomic E-state index is 12.8. The summed E-state index contributed by atoms with van der Waals surface area (Å²) in [5.74, 6) is -1.66. The molecule has 2 N–H and O–H groups in total. The summed E-state index contributed by atoms with van der Waals surface area (Å²) < 4.78 is 0. The molecule has 1 aromatic heterocycles. The monoisotopic (exact) mass is 366 g/mol. The highest BCUT2D eigenvalue weighted by atomic mass is 16.4. The van der Waals surface area contributed by atoms with E-state index in [9.17, 15) is 14.7 Å². The second-order valence-corrected chi connectivity index (χ2v) is 6.65. The Morgan fingerprint density at radius 3 is 2.21 bits per heavy atom. The van der Waals surface area contributed by atoms with Crippen molar-refractivity contribution in [3.05, 3.63) is 84.2 Å². The molecule has 0 aliphatic carbocycles. The standard InChI is InChI=1S/C23H14N2O3/c26-22(16-10-11-24-12-18(16)23(27)28)25-19-9-7-15-5-4-13-2-1-3-14-6-8-17(19)21(15)20(13)14/h1-12H,(H,25,26)(H,27,28). The lowest BCUT2D eigenvalue weighted by atomic mass is 9.93. The number of carboxylic acid groups (broad SMARTS) is 1. The minimum absolute atomic E-state index is 0.0770. The second-order valence-electron chi connectivity index (χ2n) is 6.65. The maximum absolute atomic E-state index is 12.8. The molecule has 0 unspecified atom stereocenters. The lowest BCUT2D eigenvalue weighted by Crippen LogP contribution is -2.16. The summed E-state index contributed by atoms with van der Waals surface area (Å²) in [4.78, 5) is 28.0. The largest absolute Gasteiger partial charge is 0.478 e. The zero-order valence-corrected chi connectivity index (χ0v) is 14.6. The topological polar surface area (TPSA) is 79.3 Å². The molecule has 28 heavy (non-hydrogen) atoms. The quantitative estimate of drug-likeness (QED) is 0.444. The van der Waals surface area contributed by atoms with Gasteiger partial charge in [0.25, 0.3) is 5.91 Å². The molecule has 0 saturated heterocycles. The number of nitrogens with one attached hydrogen (secondary N) is 1. The maximum Gasteiger partial charge on any atom is 0.338 e. The van der Waals surface area contributed by atoms with Crippen molar-refractivity contribution in [3.63, 3.8) is 0 Å². The van der Waals surface area contributed by atoms with Crippen molar-refractivity contribution >= 4 is 49.9 Å². The molecule has 0 saturated carbocycles. The molecular formula is C23H14N2O3. The predicted octanol–water partition coefficient (Wildman–Crippen LogP) is 4.93. The van der Waals surface area contributed by atoms with Crippen molar-refractivity contribution in [2.24, 2.45) is 0 Å². The molecule has 0 aliphatic rings. The first-order chi connectivity index (χ1) is 13.6. The highest BCUT2D eigenvalue weighted by Crippen LogP contribution is 2.37. The number of carboxylic acids is 1. The van der Waals surface area contributed by atoms with Crippen LogP contribution in [-0.4, -0.2) is 22.0 Å². The number of carbonyl (C=O) groups is 2. The number of benzene rings is 4. The van der Waals surface area contributed by atoms with Crippen molar-refractivity contribution in [1.29, 1.82) is 0 Å².